The Balaban J connectivity index is 3.25. The average molecular weight is 266 g/mol. The number of rotatable bonds is 5. The molecule has 0 spiro atoms. The summed E-state index contributed by atoms with van der Waals surface area (Å²) in [5.74, 6) is 0.438. The topological polar surface area (TPSA) is 55.8 Å². The van der Waals surface area contributed by atoms with Crippen LogP contribution in [0.5, 0.6) is 11.5 Å². The lowest BCUT2D eigenvalue weighted by atomic mass is 9.74. The summed E-state index contributed by atoms with van der Waals surface area (Å²) in [6.07, 6.45) is 0.0756. The van der Waals surface area contributed by atoms with Gasteiger partial charge in [-0.1, -0.05) is 26.8 Å². The van der Waals surface area contributed by atoms with Crippen LogP contribution in [0.1, 0.15) is 38.7 Å². The molecule has 0 bridgehead atoms. The number of benzene rings is 1. The molecule has 0 fully saturated rings. The van der Waals surface area contributed by atoms with E-state index in [1.54, 1.807) is 20.3 Å². The predicted molar refractivity (Wildman–Crippen MR) is 74.0 cm³/mol. The first-order valence-corrected chi connectivity index (χ1v) is 6.23. The van der Waals surface area contributed by atoms with Crippen molar-refractivity contribution < 1.29 is 19.4 Å². The Morgan fingerprint density at radius 1 is 1.26 bits per heavy atom. The minimum Gasteiger partial charge on any atom is -0.497 e. The molecule has 1 aromatic carbocycles. The molecule has 0 aromatic heterocycles. The normalized spacial score (nSPS) is 12.9. The molecule has 4 heteroatoms. The second-order valence-electron chi connectivity index (χ2n) is 5.62. The summed E-state index contributed by atoms with van der Waals surface area (Å²) in [7, 11) is 3.17. The molecule has 0 aliphatic rings. The van der Waals surface area contributed by atoms with E-state index < -0.39 is 5.97 Å². The van der Waals surface area contributed by atoms with Crippen molar-refractivity contribution in [3.05, 3.63) is 23.8 Å². The minimum absolute atomic E-state index is 0.0756. The zero-order chi connectivity index (χ0) is 14.6. The largest absolute Gasteiger partial charge is 0.497 e. The maximum atomic E-state index is 11.1. The highest BCUT2D eigenvalue weighted by Crippen LogP contribution is 2.42. The first-order valence-electron chi connectivity index (χ1n) is 6.23. The number of carboxylic acids is 1. The Kier molecular flexibility index (Phi) is 4.81. The summed E-state index contributed by atoms with van der Waals surface area (Å²) in [4.78, 5) is 11.1. The van der Waals surface area contributed by atoms with Gasteiger partial charge in [0.05, 0.1) is 20.6 Å². The zero-order valence-electron chi connectivity index (χ0n) is 12.2. The summed E-state index contributed by atoms with van der Waals surface area (Å²) in [6, 6.07) is 5.50. The van der Waals surface area contributed by atoms with Crippen molar-refractivity contribution >= 4 is 5.97 Å². The molecule has 1 aromatic rings. The molecule has 1 unspecified atom stereocenters. The summed E-state index contributed by atoms with van der Waals surface area (Å²) in [6.45, 7) is 6.10. The number of carboxylic acid groups (broad SMARTS) is 1. The third-order valence-corrected chi connectivity index (χ3v) is 3.24. The van der Waals surface area contributed by atoms with E-state index in [-0.39, 0.29) is 17.8 Å². The molecule has 0 saturated carbocycles. The second-order valence-corrected chi connectivity index (χ2v) is 5.62. The number of hydrogen-bond donors (Lipinski definition) is 1. The highest BCUT2D eigenvalue weighted by Gasteiger charge is 2.30. The van der Waals surface area contributed by atoms with Crippen LogP contribution >= 0.6 is 0 Å². The number of aliphatic carboxylic acids is 1. The Hall–Kier alpha value is -1.71. The van der Waals surface area contributed by atoms with Crippen LogP contribution in [0, 0.1) is 5.41 Å². The number of carbonyl (C=O) groups is 1. The molecule has 0 heterocycles. The average Bonchev–Trinajstić information content (AvgIpc) is 2.33. The fourth-order valence-electron chi connectivity index (χ4n) is 2.16. The molecule has 0 aliphatic heterocycles. The Labute approximate surface area is 114 Å². The molecular weight excluding hydrogens is 244 g/mol. The van der Waals surface area contributed by atoms with Gasteiger partial charge >= 0.3 is 5.97 Å². The van der Waals surface area contributed by atoms with Crippen molar-refractivity contribution in [2.75, 3.05) is 14.2 Å². The smallest absolute Gasteiger partial charge is 0.303 e. The SMILES string of the molecule is COc1ccc(C(CC(=O)O)C(C)(C)C)c(OC)c1. The maximum Gasteiger partial charge on any atom is 0.303 e. The summed E-state index contributed by atoms with van der Waals surface area (Å²) >= 11 is 0. The Bertz CT molecular complexity index is 446. The van der Waals surface area contributed by atoms with Gasteiger partial charge < -0.3 is 14.6 Å². The first-order chi connectivity index (χ1) is 8.79. The molecule has 1 atom stereocenters. The molecule has 0 amide bonds. The van der Waals surface area contributed by atoms with Gasteiger partial charge in [0.2, 0.25) is 0 Å². The molecule has 19 heavy (non-hydrogen) atoms. The third kappa shape index (κ3) is 3.88. The molecule has 106 valence electrons. The predicted octanol–water partition coefficient (Wildman–Crippen LogP) is 3.31. The van der Waals surface area contributed by atoms with Crippen molar-refractivity contribution in [2.24, 2.45) is 5.41 Å². The van der Waals surface area contributed by atoms with Gasteiger partial charge in [-0.15, -0.1) is 0 Å². The summed E-state index contributed by atoms with van der Waals surface area (Å²) in [5, 5.41) is 9.11. The number of methoxy groups -OCH3 is 2. The minimum atomic E-state index is -0.808. The van der Waals surface area contributed by atoms with Crippen molar-refractivity contribution in [3.8, 4) is 11.5 Å². The lowest BCUT2D eigenvalue weighted by Crippen LogP contribution is -2.22. The van der Waals surface area contributed by atoms with Gasteiger partial charge in [0.25, 0.3) is 0 Å². The van der Waals surface area contributed by atoms with E-state index in [9.17, 15) is 4.79 Å². The van der Waals surface area contributed by atoms with Gasteiger partial charge in [0.15, 0.2) is 0 Å². The Morgan fingerprint density at radius 3 is 2.32 bits per heavy atom. The molecular formula is C15H22O4. The van der Waals surface area contributed by atoms with Gasteiger partial charge in [-0.3, -0.25) is 4.79 Å². The third-order valence-electron chi connectivity index (χ3n) is 3.24. The summed E-state index contributed by atoms with van der Waals surface area (Å²) < 4.78 is 10.5. The van der Waals surface area contributed by atoms with Gasteiger partial charge in [0.1, 0.15) is 11.5 Å². The van der Waals surface area contributed by atoms with Crippen LogP contribution in [-0.4, -0.2) is 25.3 Å². The van der Waals surface area contributed by atoms with Gasteiger partial charge in [-0.25, -0.2) is 0 Å². The van der Waals surface area contributed by atoms with E-state index in [0.717, 1.165) is 5.56 Å². The van der Waals surface area contributed by atoms with E-state index in [1.807, 2.05) is 32.9 Å². The van der Waals surface area contributed by atoms with E-state index in [4.69, 9.17) is 14.6 Å². The quantitative estimate of drug-likeness (QED) is 0.888. The lowest BCUT2D eigenvalue weighted by Gasteiger charge is -2.31. The highest BCUT2D eigenvalue weighted by atomic mass is 16.5. The monoisotopic (exact) mass is 266 g/mol. The van der Waals surface area contributed by atoms with Gasteiger partial charge in [-0.05, 0) is 17.0 Å². The van der Waals surface area contributed by atoms with Gasteiger partial charge in [-0.2, -0.15) is 0 Å². The van der Waals surface area contributed by atoms with Crippen LogP contribution < -0.4 is 9.47 Å². The van der Waals surface area contributed by atoms with E-state index >= 15 is 0 Å². The van der Waals surface area contributed by atoms with E-state index in [2.05, 4.69) is 0 Å². The van der Waals surface area contributed by atoms with Crippen LogP contribution in [0.15, 0.2) is 18.2 Å². The van der Waals surface area contributed by atoms with Crippen molar-refractivity contribution in [2.45, 2.75) is 33.1 Å². The van der Waals surface area contributed by atoms with Crippen LogP contribution in [0.2, 0.25) is 0 Å². The van der Waals surface area contributed by atoms with E-state index in [0.29, 0.717) is 11.5 Å². The first kappa shape index (κ1) is 15.3. The Morgan fingerprint density at radius 2 is 1.89 bits per heavy atom. The number of hydrogen-bond acceptors (Lipinski definition) is 3. The zero-order valence-corrected chi connectivity index (χ0v) is 12.2. The molecule has 0 radical (unpaired) electrons. The number of ether oxygens (including phenoxy) is 2. The molecule has 0 aliphatic carbocycles. The highest BCUT2D eigenvalue weighted by molar-refractivity contribution is 5.68. The summed E-state index contributed by atoms with van der Waals surface area (Å²) in [5.41, 5.74) is 0.735. The van der Waals surface area contributed by atoms with Crippen LogP contribution in [0.4, 0.5) is 0 Å². The van der Waals surface area contributed by atoms with Crippen LogP contribution in [0.3, 0.4) is 0 Å². The fourth-order valence-corrected chi connectivity index (χ4v) is 2.16. The van der Waals surface area contributed by atoms with Crippen LogP contribution in [-0.2, 0) is 4.79 Å². The molecule has 0 saturated heterocycles. The van der Waals surface area contributed by atoms with Crippen molar-refractivity contribution in [1.82, 2.24) is 0 Å². The maximum absolute atomic E-state index is 11.1. The lowest BCUT2D eigenvalue weighted by molar-refractivity contribution is -0.138. The van der Waals surface area contributed by atoms with Crippen molar-refractivity contribution in [3.63, 3.8) is 0 Å². The fraction of sp³-hybridized carbons (Fsp3) is 0.533. The van der Waals surface area contributed by atoms with E-state index in [1.165, 1.54) is 0 Å². The molecule has 4 nitrogen and oxygen atoms in total. The molecule has 1 rings (SSSR count). The molecule has 1 N–H and O–H groups in total. The van der Waals surface area contributed by atoms with Crippen molar-refractivity contribution in [1.29, 1.82) is 0 Å². The van der Waals surface area contributed by atoms with Crippen LogP contribution in [0.25, 0.3) is 0 Å². The standard InChI is InChI=1S/C15H22O4/c1-15(2,3)12(9-14(16)17)11-7-6-10(18-4)8-13(11)19-5/h6-8,12H,9H2,1-5H3,(H,16,17). The second kappa shape index (κ2) is 5.95. The van der Waals surface area contributed by atoms with Gasteiger partial charge in [0, 0.05) is 12.0 Å².